The summed E-state index contributed by atoms with van der Waals surface area (Å²) in [5.74, 6) is -1.50. The second-order valence-electron chi connectivity index (χ2n) is 4.25. The van der Waals surface area contributed by atoms with Gasteiger partial charge in [-0.05, 0) is 18.6 Å². The van der Waals surface area contributed by atoms with Gasteiger partial charge >= 0.3 is 5.97 Å². The molecule has 2 heterocycles. The number of carbonyl (C=O) groups excluding carboxylic acids is 1. The minimum atomic E-state index is -0.692. The highest BCUT2D eigenvalue weighted by Gasteiger charge is 2.35. The lowest BCUT2D eigenvalue weighted by atomic mass is 9.83. The highest BCUT2D eigenvalue weighted by atomic mass is 16.5. The van der Waals surface area contributed by atoms with Crippen LogP contribution in [0, 0.1) is 11.3 Å². The van der Waals surface area contributed by atoms with Crippen LogP contribution in [0.4, 0.5) is 0 Å². The van der Waals surface area contributed by atoms with E-state index in [1.807, 2.05) is 6.07 Å². The number of aromatic nitrogens is 1. The number of hydrogen-bond acceptors (Lipinski definition) is 6. The van der Waals surface area contributed by atoms with Crippen molar-refractivity contribution in [2.45, 2.75) is 12.8 Å². The van der Waals surface area contributed by atoms with E-state index in [1.165, 1.54) is 7.11 Å². The first-order valence-corrected chi connectivity index (χ1v) is 5.89. The molecule has 0 aromatic carbocycles. The fourth-order valence-corrected chi connectivity index (χ4v) is 2.19. The molecular formula is C14H13N3O3. The Morgan fingerprint density at radius 2 is 2.35 bits per heavy atom. The highest BCUT2D eigenvalue weighted by Crippen LogP contribution is 2.37. The predicted octanol–water partition coefficient (Wildman–Crippen LogP) is 1.51. The smallest absolute Gasteiger partial charge is 0.336 e. The molecule has 6 heteroatoms. The van der Waals surface area contributed by atoms with Gasteiger partial charge < -0.3 is 15.2 Å². The number of rotatable bonds is 2. The zero-order valence-electron chi connectivity index (χ0n) is 11.0. The Hall–Kier alpha value is -2.81. The molecule has 1 aromatic rings. The summed E-state index contributed by atoms with van der Waals surface area (Å²) in [6.45, 7) is 1.64. The van der Waals surface area contributed by atoms with Crippen molar-refractivity contribution in [3.63, 3.8) is 0 Å². The first-order valence-electron chi connectivity index (χ1n) is 5.89. The average Bonchev–Trinajstić information content (AvgIpc) is 2.46. The van der Waals surface area contributed by atoms with Crippen LogP contribution in [0.1, 0.15) is 18.4 Å². The standard InChI is InChI=1S/C14H13N3O3/c1-8-11(14(19)20-2)12(9-4-3-5-16-7-9)10(6-15)13(18)17-8/h3-5,7,12,17-18H,1-2H3. The molecule has 0 aliphatic carbocycles. The molecule has 0 amide bonds. The third-order valence-corrected chi connectivity index (χ3v) is 3.09. The number of carbonyl (C=O) groups is 1. The molecule has 1 aliphatic rings. The summed E-state index contributed by atoms with van der Waals surface area (Å²) >= 11 is 0. The van der Waals surface area contributed by atoms with E-state index in [-0.39, 0.29) is 17.0 Å². The van der Waals surface area contributed by atoms with E-state index in [0.29, 0.717) is 11.3 Å². The van der Waals surface area contributed by atoms with Gasteiger partial charge in [-0.2, -0.15) is 5.26 Å². The number of aliphatic hydroxyl groups excluding tert-OH is 1. The second kappa shape index (κ2) is 5.45. The van der Waals surface area contributed by atoms with E-state index in [9.17, 15) is 15.2 Å². The van der Waals surface area contributed by atoms with Crippen molar-refractivity contribution in [3.8, 4) is 6.07 Å². The summed E-state index contributed by atoms with van der Waals surface area (Å²) in [6.07, 6.45) is 3.14. The number of nitrogens with one attached hydrogen (secondary N) is 1. The average molecular weight is 271 g/mol. The summed E-state index contributed by atoms with van der Waals surface area (Å²) in [7, 11) is 1.27. The molecule has 1 atom stereocenters. The van der Waals surface area contributed by atoms with Gasteiger partial charge in [0.15, 0.2) is 0 Å². The van der Waals surface area contributed by atoms with Crippen LogP contribution in [0.15, 0.2) is 47.3 Å². The van der Waals surface area contributed by atoms with Crippen molar-refractivity contribution in [1.82, 2.24) is 10.3 Å². The normalized spacial score (nSPS) is 18.4. The highest BCUT2D eigenvalue weighted by molar-refractivity contribution is 5.92. The summed E-state index contributed by atoms with van der Waals surface area (Å²) in [5.41, 5.74) is 1.43. The Bertz CT molecular complexity index is 641. The number of hydrogen-bond donors (Lipinski definition) is 2. The van der Waals surface area contributed by atoms with Gasteiger partial charge in [0.05, 0.1) is 18.6 Å². The maximum Gasteiger partial charge on any atom is 0.336 e. The molecule has 1 unspecified atom stereocenters. The van der Waals surface area contributed by atoms with Crippen molar-refractivity contribution in [3.05, 3.63) is 52.8 Å². The van der Waals surface area contributed by atoms with Crippen LogP contribution in [-0.2, 0) is 9.53 Å². The summed E-state index contributed by atoms with van der Waals surface area (Å²) < 4.78 is 4.77. The SMILES string of the molecule is COC(=O)C1=C(C)NC(O)=C(C#N)C1c1cccnc1. The van der Waals surface area contributed by atoms with E-state index in [2.05, 4.69) is 10.3 Å². The number of esters is 1. The predicted molar refractivity (Wildman–Crippen MR) is 70.1 cm³/mol. The first-order chi connectivity index (χ1) is 9.60. The molecule has 0 spiro atoms. The molecule has 102 valence electrons. The van der Waals surface area contributed by atoms with Crippen molar-refractivity contribution >= 4 is 5.97 Å². The number of aliphatic hydroxyl groups is 1. The van der Waals surface area contributed by atoms with Crippen LogP contribution in [-0.4, -0.2) is 23.2 Å². The van der Waals surface area contributed by atoms with E-state index in [0.717, 1.165) is 0 Å². The largest absolute Gasteiger partial charge is 0.494 e. The third-order valence-electron chi connectivity index (χ3n) is 3.09. The molecule has 0 radical (unpaired) electrons. The van der Waals surface area contributed by atoms with Crippen LogP contribution in [0.25, 0.3) is 0 Å². The molecular weight excluding hydrogens is 258 g/mol. The zero-order valence-corrected chi connectivity index (χ0v) is 11.0. The van der Waals surface area contributed by atoms with E-state index in [4.69, 9.17) is 4.74 Å². The lowest BCUT2D eigenvalue weighted by Gasteiger charge is -2.26. The van der Waals surface area contributed by atoms with E-state index < -0.39 is 11.9 Å². The molecule has 2 N–H and O–H groups in total. The van der Waals surface area contributed by atoms with Crippen LogP contribution in [0.5, 0.6) is 0 Å². The lowest BCUT2D eigenvalue weighted by molar-refractivity contribution is -0.136. The fourth-order valence-electron chi connectivity index (χ4n) is 2.19. The molecule has 0 saturated heterocycles. The number of ether oxygens (including phenoxy) is 1. The van der Waals surface area contributed by atoms with Crippen molar-refractivity contribution < 1.29 is 14.6 Å². The van der Waals surface area contributed by atoms with E-state index in [1.54, 1.807) is 31.5 Å². The van der Waals surface area contributed by atoms with Crippen LogP contribution >= 0.6 is 0 Å². The minimum Gasteiger partial charge on any atom is -0.494 e. The number of allylic oxidation sites excluding steroid dienone is 2. The lowest BCUT2D eigenvalue weighted by Crippen LogP contribution is -2.29. The van der Waals surface area contributed by atoms with Crippen molar-refractivity contribution in [2.75, 3.05) is 7.11 Å². The number of nitrogens with zero attached hydrogens (tertiary/aromatic N) is 2. The topological polar surface area (TPSA) is 95.2 Å². The molecule has 0 bridgehead atoms. The van der Waals surface area contributed by atoms with Gasteiger partial charge in [0.25, 0.3) is 0 Å². The van der Waals surface area contributed by atoms with Gasteiger partial charge in [-0.25, -0.2) is 4.79 Å². The Labute approximate surface area is 116 Å². The first kappa shape index (κ1) is 13.6. The van der Waals surface area contributed by atoms with Gasteiger partial charge in [-0.1, -0.05) is 6.07 Å². The Kier molecular flexibility index (Phi) is 3.71. The monoisotopic (exact) mass is 271 g/mol. The maximum atomic E-state index is 12.0. The number of pyridine rings is 1. The Balaban J connectivity index is 2.63. The maximum absolute atomic E-state index is 12.0. The van der Waals surface area contributed by atoms with Gasteiger partial charge in [0.2, 0.25) is 5.88 Å². The number of dihydropyridines is 1. The molecule has 1 aliphatic heterocycles. The number of methoxy groups -OCH3 is 1. The molecule has 0 saturated carbocycles. The fraction of sp³-hybridized carbons (Fsp3) is 0.214. The van der Waals surface area contributed by atoms with Crippen LogP contribution in [0.2, 0.25) is 0 Å². The van der Waals surface area contributed by atoms with Crippen molar-refractivity contribution in [2.24, 2.45) is 0 Å². The molecule has 20 heavy (non-hydrogen) atoms. The number of nitriles is 1. The summed E-state index contributed by atoms with van der Waals surface area (Å²) in [6, 6.07) is 5.37. The molecule has 0 fully saturated rings. The second-order valence-corrected chi connectivity index (χ2v) is 4.25. The van der Waals surface area contributed by atoms with Crippen LogP contribution < -0.4 is 5.32 Å². The van der Waals surface area contributed by atoms with Gasteiger partial charge in [0, 0.05) is 18.1 Å². The van der Waals surface area contributed by atoms with E-state index >= 15 is 0 Å². The van der Waals surface area contributed by atoms with Crippen molar-refractivity contribution in [1.29, 1.82) is 5.26 Å². The summed E-state index contributed by atoms with van der Waals surface area (Å²) in [4.78, 5) is 16.0. The third kappa shape index (κ3) is 2.21. The Morgan fingerprint density at radius 1 is 1.60 bits per heavy atom. The minimum absolute atomic E-state index is 0.0593. The Morgan fingerprint density at radius 3 is 2.90 bits per heavy atom. The summed E-state index contributed by atoms with van der Waals surface area (Å²) in [5, 5.41) is 21.7. The van der Waals surface area contributed by atoms with Gasteiger partial charge in [0.1, 0.15) is 11.6 Å². The van der Waals surface area contributed by atoms with Gasteiger partial charge in [-0.15, -0.1) is 0 Å². The quantitative estimate of drug-likeness (QED) is 0.792. The molecule has 6 nitrogen and oxygen atoms in total. The van der Waals surface area contributed by atoms with Gasteiger partial charge in [-0.3, -0.25) is 4.98 Å². The zero-order chi connectivity index (χ0) is 14.7. The molecule has 1 aromatic heterocycles. The molecule has 2 rings (SSSR count). The van der Waals surface area contributed by atoms with Crippen LogP contribution in [0.3, 0.4) is 0 Å².